The maximum absolute atomic E-state index is 12.4. The zero-order valence-electron chi connectivity index (χ0n) is 11.0. The highest BCUT2D eigenvalue weighted by Gasteiger charge is 2.21. The molecule has 0 saturated carbocycles. The lowest BCUT2D eigenvalue weighted by atomic mass is 10.1. The average Bonchev–Trinajstić information content (AvgIpc) is 2.41. The zero-order chi connectivity index (χ0) is 15.6. The van der Waals surface area contributed by atoms with Gasteiger partial charge in [-0.15, -0.1) is 0 Å². The lowest BCUT2D eigenvalue weighted by molar-refractivity contribution is 0.200. The van der Waals surface area contributed by atoms with E-state index in [0.717, 1.165) is 0 Å². The van der Waals surface area contributed by atoms with Gasteiger partial charge >= 0.3 is 0 Å². The van der Waals surface area contributed by atoms with Crippen molar-refractivity contribution in [2.24, 2.45) is 0 Å². The number of anilines is 1. The van der Waals surface area contributed by atoms with E-state index in [2.05, 4.69) is 4.72 Å². The Kier molecular flexibility index (Phi) is 4.78. The molecule has 0 aliphatic heterocycles. The van der Waals surface area contributed by atoms with Crippen LogP contribution in [0.4, 0.5) is 5.69 Å². The minimum atomic E-state index is -3.90. The van der Waals surface area contributed by atoms with Crippen molar-refractivity contribution in [2.75, 3.05) is 4.72 Å². The Labute approximate surface area is 133 Å². The molecule has 7 heteroatoms. The molecule has 2 N–H and O–H groups in total. The van der Waals surface area contributed by atoms with Gasteiger partial charge in [-0.3, -0.25) is 4.72 Å². The van der Waals surface area contributed by atoms with Gasteiger partial charge in [-0.1, -0.05) is 47.5 Å². The van der Waals surface area contributed by atoms with E-state index in [4.69, 9.17) is 23.2 Å². The molecule has 0 aromatic heterocycles. The minimum absolute atomic E-state index is 0.0406. The van der Waals surface area contributed by atoms with Gasteiger partial charge in [-0.05, 0) is 25.1 Å². The van der Waals surface area contributed by atoms with Crippen LogP contribution in [0.1, 0.15) is 18.6 Å². The number of nitrogens with one attached hydrogen (secondary N) is 1. The number of hydrogen-bond donors (Lipinski definition) is 2. The molecule has 0 aliphatic rings. The van der Waals surface area contributed by atoms with Crippen LogP contribution in [0.15, 0.2) is 47.4 Å². The second-order valence-electron chi connectivity index (χ2n) is 4.42. The van der Waals surface area contributed by atoms with Crippen LogP contribution in [0, 0.1) is 0 Å². The van der Waals surface area contributed by atoms with E-state index < -0.39 is 16.1 Å². The Hall–Kier alpha value is -1.27. The molecule has 0 saturated heterocycles. The van der Waals surface area contributed by atoms with Crippen molar-refractivity contribution in [2.45, 2.75) is 17.9 Å². The third kappa shape index (κ3) is 3.49. The summed E-state index contributed by atoms with van der Waals surface area (Å²) in [6, 6.07) is 11.0. The third-order valence-electron chi connectivity index (χ3n) is 2.86. The van der Waals surface area contributed by atoms with Gasteiger partial charge in [0, 0.05) is 5.56 Å². The van der Waals surface area contributed by atoms with E-state index in [1.54, 1.807) is 31.2 Å². The van der Waals surface area contributed by atoms with E-state index in [-0.39, 0.29) is 14.9 Å². The summed E-state index contributed by atoms with van der Waals surface area (Å²) in [5.41, 5.74) is 0.766. The fourth-order valence-corrected chi connectivity index (χ4v) is 3.70. The number of hydrogen-bond acceptors (Lipinski definition) is 3. The molecular formula is C14H13Cl2NO3S. The summed E-state index contributed by atoms with van der Waals surface area (Å²) < 4.78 is 27.2. The van der Waals surface area contributed by atoms with Gasteiger partial charge in [-0.25, -0.2) is 8.42 Å². The average molecular weight is 346 g/mol. The van der Waals surface area contributed by atoms with Crippen LogP contribution < -0.4 is 4.72 Å². The van der Waals surface area contributed by atoms with Gasteiger partial charge < -0.3 is 5.11 Å². The van der Waals surface area contributed by atoms with Gasteiger partial charge in [0.1, 0.15) is 4.90 Å². The molecule has 2 aromatic carbocycles. The number of sulfonamides is 1. The highest BCUT2D eigenvalue weighted by atomic mass is 35.5. The first-order valence-electron chi connectivity index (χ1n) is 6.07. The quantitative estimate of drug-likeness (QED) is 0.884. The number of rotatable bonds is 4. The summed E-state index contributed by atoms with van der Waals surface area (Å²) in [7, 11) is -3.90. The van der Waals surface area contributed by atoms with Crippen molar-refractivity contribution in [3.05, 3.63) is 58.1 Å². The normalized spacial score (nSPS) is 13.0. The lowest BCUT2D eigenvalue weighted by Crippen LogP contribution is -2.15. The van der Waals surface area contributed by atoms with Crippen LogP contribution in [-0.4, -0.2) is 13.5 Å². The Morgan fingerprint density at radius 1 is 1.10 bits per heavy atom. The molecule has 2 rings (SSSR count). The van der Waals surface area contributed by atoms with Crippen molar-refractivity contribution in [1.29, 1.82) is 0 Å². The fraction of sp³-hybridized carbons (Fsp3) is 0.143. The molecule has 0 radical (unpaired) electrons. The molecule has 112 valence electrons. The first-order valence-corrected chi connectivity index (χ1v) is 8.30. The molecule has 0 heterocycles. The fourth-order valence-electron chi connectivity index (χ4n) is 1.85. The predicted molar refractivity (Wildman–Crippen MR) is 84.3 cm³/mol. The van der Waals surface area contributed by atoms with Crippen LogP contribution >= 0.6 is 23.2 Å². The van der Waals surface area contributed by atoms with Crippen molar-refractivity contribution in [1.82, 2.24) is 0 Å². The van der Waals surface area contributed by atoms with Crippen LogP contribution in [0.25, 0.3) is 0 Å². The maximum atomic E-state index is 12.4. The second-order valence-corrected chi connectivity index (χ2v) is 6.86. The predicted octanol–water partition coefficient (Wildman–Crippen LogP) is 3.85. The van der Waals surface area contributed by atoms with E-state index in [1.807, 2.05) is 0 Å². The monoisotopic (exact) mass is 345 g/mol. The SMILES string of the molecule is CC(O)c1ccccc1NS(=O)(=O)c1cccc(Cl)c1Cl. The number of halogens is 2. The van der Waals surface area contributed by atoms with E-state index in [1.165, 1.54) is 18.2 Å². The van der Waals surface area contributed by atoms with Crippen molar-refractivity contribution in [3.63, 3.8) is 0 Å². The van der Waals surface area contributed by atoms with Crippen molar-refractivity contribution < 1.29 is 13.5 Å². The minimum Gasteiger partial charge on any atom is -0.389 e. The lowest BCUT2D eigenvalue weighted by Gasteiger charge is -2.15. The molecule has 0 aliphatic carbocycles. The number of para-hydroxylation sites is 1. The molecule has 0 amide bonds. The first kappa shape index (κ1) is 16.1. The summed E-state index contributed by atoms with van der Waals surface area (Å²) >= 11 is 11.8. The van der Waals surface area contributed by atoms with Gasteiger partial charge in [0.15, 0.2) is 0 Å². The first-order chi connectivity index (χ1) is 9.83. The highest BCUT2D eigenvalue weighted by molar-refractivity contribution is 7.92. The summed E-state index contributed by atoms with van der Waals surface area (Å²) in [6.07, 6.45) is -0.807. The van der Waals surface area contributed by atoms with Crippen molar-refractivity contribution >= 4 is 38.9 Å². The number of aliphatic hydroxyl groups excluding tert-OH is 1. The summed E-state index contributed by atoms with van der Waals surface area (Å²) in [5.74, 6) is 0. The van der Waals surface area contributed by atoms with E-state index in [9.17, 15) is 13.5 Å². The topological polar surface area (TPSA) is 66.4 Å². The Bertz CT molecular complexity index is 761. The molecular weight excluding hydrogens is 333 g/mol. The third-order valence-corrected chi connectivity index (χ3v) is 5.20. The molecule has 0 spiro atoms. The maximum Gasteiger partial charge on any atom is 0.263 e. The van der Waals surface area contributed by atoms with Gasteiger partial charge in [0.2, 0.25) is 0 Å². The molecule has 1 unspecified atom stereocenters. The molecule has 2 aromatic rings. The highest BCUT2D eigenvalue weighted by Crippen LogP contribution is 2.31. The van der Waals surface area contributed by atoms with Crippen LogP contribution in [-0.2, 0) is 10.0 Å². The smallest absolute Gasteiger partial charge is 0.263 e. The number of aliphatic hydroxyl groups is 1. The van der Waals surface area contributed by atoms with Crippen molar-refractivity contribution in [3.8, 4) is 0 Å². The number of benzene rings is 2. The second kappa shape index (κ2) is 6.23. The van der Waals surface area contributed by atoms with Crippen LogP contribution in [0.2, 0.25) is 10.0 Å². The van der Waals surface area contributed by atoms with Gasteiger partial charge in [-0.2, -0.15) is 0 Å². The molecule has 21 heavy (non-hydrogen) atoms. The largest absolute Gasteiger partial charge is 0.389 e. The Morgan fingerprint density at radius 2 is 1.76 bits per heavy atom. The van der Waals surface area contributed by atoms with Crippen LogP contribution in [0.3, 0.4) is 0 Å². The van der Waals surface area contributed by atoms with Gasteiger partial charge in [0.25, 0.3) is 10.0 Å². The summed E-state index contributed by atoms with van der Waals surface area (Å²) in [5, 5.41) is 9.80. The van der Waals surface area contributed by atoms with E-state index >= 15 is 0 Å². The zero-order valence-corrected chi connectivity index (χ0v) is 13.4. The molecule has 1 atom stereocenters. The summed E-state index contributed by atoms with van der Waals surface area (Å²) in [4.78, 5) is -0.114. The Balaban J connectivity index is 2.46. The molecule has 4 nitrogen and oxygen atoms in total. The standard InChI is InChI=1S/C14H13Cl2NO3S/c1-9(18)10-5-2-3-7-12(10)17-21(19,20)13-8-4-6-11(15)14(13)16/h2-9,17-18H,1H3. The van der Waals surface area contributed by atoms with E-state index in [0.29, 0.717) is 11.3 Å². The molecule has 0 bridgehead atoms. The summed E-state index contributed by atoms with van der Waals surface area (Å²) in [6.45, 7) is 1.56. The van der Waals surface area contributed by atoms with Crippen LogP contribution in [0.5, 0.6) is 0 Å². The molecule has 0 fully saturated rings. The Morgan fingerprint density at radius 3 is 2.43 bits per heavy atom. The van der Waals surface area contributed by atoms with Gasteiger partial charge in [0.05, 0.1) is 21.8 Å².